The number of carboxylic acids is 1. The van der Waals surface area contributed by atoms with Crippen LogP contribution < -0.4 is 11.1 Å². The highest BCUT2D eigenvalue weighted by Crippen LogP contribution is 2.37. The molecule has 160 valence electrons. The fourth-order valence-corrected chi connectivity index (χ4v) is 3.38. The Morgan fingerprint density at radius 2 is 1.93 bits per heavy atom. The third kappa shape index (κ3) is 5.32. The van der Waals surface area contributed by atoms with Crippen molar-refractivity contribution >= 4 is 17.8 Å². The minimum absolute atomic E-state index is 0.0223. The average Bonchev–Trinajstić information content (AvgIpc) is 2.53. The van der Waals surface area contributed by atoms with Crippen LogP contribution in [0.2, 0.25) is 0 Å². The van der Waals surface area contributed by atoms with Gasteiger partial charge in [-0.3, -0.25) is 9.59 Å². The van der Waals surface area contributed by atoms with Crippen LogP contribution in [-0.4, -0.2) is 84.1 Å². The van der Waals surface area contributed by atoms with Crippen molar-refractivity contribution in [3.63, 3.8) is 0 Å². The van der Waals surface area contributed by atoms with Gasteiger partial charge >= 0.3 is 12.1 Å². The number of alkyl halides is 3. The van der Waals surface area contributed by atoms with Gasteiger partial charge in [-0.2, -0.15) is 13.2 Å². The van der Waals surface area contributed by atoms with E-state index in [0.717, 1.165) is 12.8 Å². The molecule has 3 aliphatic rings. The minimum atomic E-state index is -5.08. The van der Waals surface area contributed by atoms with Crippen LogP contribution in [0.1, 0.15) is 19.3 Å². The number of aliphatic hydroxyl groups excluding tert-OH is 1. The predicted octanol–water partition coefficient (Wildman–Crippen LogP) is -0.917. The zero-order valence-electron chi connectivity index (χ0n) is 15.1. The van der Waals surface area contributed by atoms with E-state index >= 15 is 0 Å². The predicted molar refractivity (Wildman–Crippen MR) is 87.9 cm³/mol. The molecule has 0 aromatic carbocycles. The SMILES string of the molecule is NC(C[C@@H]1CCCNC1=O)C(O)C(=O)N1CC2(COC2)C1.O=C(O)C(F)(F)F. The number of piperidine rings is 1. The zero-order chi connectivity index (χ0) is 21.1. The molecule has 1 spiro atoms. The van der Waals surface area contributed by atoms with Crippen LogP contribution in [0.3, 0.4) is 0 Å². The Bertz CT molecular complexity index is 603. The molecular formula is C16H24F3N3O6. The number of hydrogen-bond donors (Lipinski definition) is 4. The van der Waals surface area contributed by atoms with Gasteiger partial charge < -0.3 is 30.9 Å². The summed E-state index contributed by atoms with van der Waals surface area (Å²) in [5, 5.41) is 20.0. The summed E-state index contributed by atoms with van der Waals surface area (Å²) in [6, 6.07) is -0.694. The second-order valence-corrected chi connectivity index (χ2v) is 7.46. The molecule has 9 nitrogen and oxygen atoms in total. The third-order valence-corrected chi connectivity index (χ3v) is 5.04. The van der Waals surface area contributed by atoms with E-state index < -0.39 is 24.3 Å². The molecule has 2 unspecified atom stereocenters. The summed E-state index contributed by atoms with van der Waals surface area (Å²) in [5.74, 6) is -3.30. The van der Waals surface area contributed by atoms with E-state index in [2.05, 4.69) is 5.32 Å². The van der Waals surface area contributed by atoms with Gasteiger partial charge in [-0.25, -0.2) is 4.79 Å². The number of amides is 2. The highest BCUT2D eigenvalue weighted by Gasteiger charge is 2.51. The molecule has 28 heavy (non-hydrogen) atoms. The molecule has 3 aliphatic heterocycles. The Morgan fingerprint density at radius 3 is 2.36 bits per heavy atom. The van der Waals surface area contributed by atoms with Crippen molar-refractivity contribution in [2.24, 2.45) is 17.1 Å². The van der Waals surface area contributed by atoms with Crippen molar-refractivity contribution in [1.29, 1.82) is 0 Å². The van der Waals surface area contributed by atoms with E-state index in [1.165, 1.54) is 0 Å². The van der Waals surface area contributed by atoms with Gasteiger partial charge in [-0.15, -0.1) is 0 Å². The lowest BCUT2D eigenvalue weighted by Crippen LogP contribution is -2.69. The molecule has 3 saturated heterocycles. The smallest absolute Gasteiger partial charge is 0.475 e. The number of nitrogens with two attached hydrogens (primary N) is 1. The Morgan fingerprint density at radius 1 is 1.36 bits per heavy atom. The first-order chi connectivity index (χ1) is 12.9. The number of carbonyl (C=O) groups is 3. The lowest BCUT2D eigenvalue weighted by Gasteiger charge is -2.55. The molecule has 2 amide bonds. The number of carbonyl (C=O) groups excluding carboxylic acids is 2. The second kappa shape index (κ2) is 8.62. The molecule has 0 saturated carbocycles. The summed E-state index contributed by atoms with van der Waals surface area (Å²) < 4.78 is 36.9. The van der Waals surface area contributed by atoms with Crippen molar-refractivity contribution in [3.05, 3.63) is 0 Å². The van der Waals surface area contributed by atoms with Gasteiger partial charge in [0.05, 0.1) is 18.6 Å². The summed E-state index contributed by atoms with van der Waals surface area (Å²) in [6.07, 6.45) is -4.27. The van der Waals surface area contributed by atoms with E-state index in [9.17, 15) is 27.9 Å². The largest absolute Gasteiger partial charge is 0.490 e. The lowest BCUT2D eigenvalue weighted by atomic mass is 9.77. The average molecular weight is 411 g/mol. The molecule has 3 atom stereocenters. The van der Waals surface area contributed by atoms with Gasteiger partial charge in [0.2, 0.25) is 5.91 Å². The van der Waals surface area contributed by atoms with E-state index in [0.29, 0.717) is 39.3 Å². The summed E-state index contributed by atoms with van der Waals surface area (Å²) in [7, 11) is 0. The Kier molecular flexibility index (Phi) is 6.88. The number of aliphatic carboxylic acids is 1. The standard InChI is InChI=1S/C14H23N3O4.C2HF3O2/c15-10(4-9-2-1-3-16-12(9)19)11(18)13(20)17-5-14(6-17)7-21-8-14;3-2(4,5)1(6)7/h9-11,18H,1-8,15H2,(H,16,19);(H,6,7)/t9-,10?,11?;/m0./s1. The van der Waals surface area contributed by atoms with Crippen LogP contribution in [-0.2, 0) is 19.1 Å². The fourth-order valence-electron chi connectivity index (χ4n) is 3.38. The Hall–Kier alpha value is -1.92. The molecule has 5 N–H and O–H groups in total. The first kappa shape index (κ1) is 22.4. The van der Waals surface area contributed by atoms with E-state index in [1.807, 2.05) is 0 Å². The van der Waals surface area contributed by atoms with E-state index in [4.69, 9.17) is 20.4 Å². The van der Waals surface area contributed by atoms with Gasteiger partial charge in [-0.05, 0) is 19.3 Å². The zero-order valence-corrected chi connectivity index (χ0v) is 15.1. The summed E-state index contributed by atoms with van der Waals surface area (Å²) in [5.41, 5.74) is 6.07. The molecule has 0 aromatic rings. The topological polar surface area (TPSA) is 142 Å². The summed E-state index contributed by atoms with van der Waals surface area (Å²) >= 11 is 0. The molecule has 12 heteroatoms. The summed E-state index contributed by atoms with van der Waals surface area (Å²) in [6.45, 7) is 3.37. The van der Waals surface area contributed by atoms with Crippen LogP contribution in [0.15, 0.2) is 0 Å². The van der Waals surface area contributed by atoms with Crippen molar-refractivity contribution in [2.75, 3.05) is 32.8 Å². The first-order valence-electron chi connectivity index (χ1n) is 8.83. The quantitative estimate of drug-likeness (QED) is 0.469. The van der Waals surface area contributed by atoms with Crippen molar-refractivity contribution in [1.82, 2.24) is 10.2 Å². The first-order valence-corrected chi connectivity index (χ1v) is 8.83. The van der Waals surface area contributed by atoms with Crippen molar-refractivity contribution < 1.29 is 42.5 Å². The molecule has 0 radical (unpaired) electrons. The number of likely N-dealkylation sites (tertiary alicyclic amines) is 1. The Balaban J connectivity index is 0.000000345. The van der Waals surface area contributed by atoms with Crippen LogP contribution in [0.25, 0.3) is 0 Å². The van der Waals surface area contributed by atoms with Gasteiger partial charge in [0.25, 0.3) is 5.91 Å². The number of halogens is 3. The fraction of sp³-hybridized carbons (Fsp3) is 0.812. The number of carboxylic acid groups (broad SMARTS) is 1. The molecular weight excluding hydrogens is 387 g/mol. The number of ether oxygens (including phenoxy) is 1. The molecule has 3 heterocycles. The minimum Gasteiger partial charge on any atom is -0.475 e. The van der Waals surface area contributed by atoms with E-state index in [1.54, 1.807) is 4.90 Å². The summed E-state index contributed by atoms with van der Waals surface area (Å²) in [4.78, 5) is 34.4. The maximum Gasteiger partial charge on any atom is 0.490 e. The second-order valence-electron chi connectivity index (χ2n) is 7.46. The number of aliphatic hydroxyl groups is 1. The normalized spacial score (nSPS) is 25.4. The molecule has 3 rings (SSSR count). The van der Waals surface area contributed by atoms with Crippen LogP contribution in [0.5, 0.6) is 0 Å². The molecule has 0 aromatic heterocycles. The number of nitrogens with one attached hydrogen (secondary N) is 1. The maximum atomic E-state index is 12.2. The highest BCUT2D eigenvalue weighted by molar-refractivity contribution is 5.83. The maximum absolute atomic E-state index is 12.2. The van der Waals surface area contributed by atoms with Crippen LogP contribution in [0.4, 0.5) is 13.2 Å². The monoisotopic (exact) mass is 411 g/mol. The van der Waals surface area contributed by atoms with Gasteiger partial charge in [0.15, 0.2) is 0 Å². The van der Waals surface area contributed by atoms with Crippen molar-refractivity contribution in [2.45, 2.75) is 37.6 Å². The molecule has 0 aliphatic carbocycles. The molecule has 3 fully saturated rings. The number of hydrogen-bond acceptors (Lipinski definition) is 6. The van der Waals surface area contributed by atoms with Crippen molar-refractivity contribution in [3.8, 4) is 0 Å². The number of nitrogens with zero attached hydrogens (tertiary/aromatic N) is 1. The van der Waals surface area contributed by atoms with Gasteiger partial charge in [0.1, 0.15) is 6.10 Å². The number of rotatable bonds is 4. The molecule has 0 bridgehead atoms. The Labute approximate surface area is 159 Å². The third-order valence-electron chi connectivity index (χ3n) is 5.04. The van der Waals surface area contributed by atoms with Crippen LogP contribution in [0, 0.1) is 11.3 Å². The van der Waals surface area contributed by atoms with Gasteiger partial charge in [-0.1, -0.05) is 0 Å². The van der Waals surface area contributed by atoms with E-state index in [-0.39, 0.29) is 23.1 Å². The van der Waals surface area contributed by atoms with Gasteiger partial charge in [0, 0.05) is 31.6 Å². The van der Waals surface area contributed by atoms with Crippen LogP contribution >= 0.6 is 0 Å². The highest BCUT2D eigenvalue weighted by atomic mass is 19.4. The lowest BCUT2D eigenvalue weighted by molar-refractivity contribution is -0.200.